The lowest BCUT2D eigenvalue weighted by molar-refractivity contribution is -0.137. The molecule has 1 amide bonds. The van der Waals surface area contributed by atoms with Gasteiger partial charge in [0.2, 0.25) is 15.9 Å². The zero-order valence-electron chi connectivity index (χ0n) is 14.5. The number of H-pyrrole nitrogens is 2. The summed E-state index contributed by atoms with van der Waals surface area (Å²) >= 11 is 0. The molecule has 1 aliphatic rings. The van der Waals surface area contributed by atoms with Crippen LogP contribution in [0, 0.1) is 0 Å². The fraction of sp³-hybridized carbons (Fsp3) is 0.467. The second-order valence-electron chi connectivity index (χ2n) is 6.70. The van der Waals surface area contributed by atoms with Crippen LogP contribution in [0.1, 0.15) is 13.8 Å². The minimum Gasteiger partial charge on any atom is -0.338 e. The second kappa shape index (κ2) is 7.03. The standard InChI is InChI=1S/C15H21N5O4S.ClH/c1-15(2,16)13(21)19-5-7-20(8-6-19)25(23,24)10-3-4-11-12(9-10)18-14(22)17-11;/h3-4,9H,5-8,16H2,1-2H3,(H2,17,18,22);1H. The quantitative estimate of drug-likeness (QED) is 0.655. The molecule has 26 heavy (non-hydrogen) atoms. The number of carbonyl (C=O) groups excluding carboxylic acids is 1. The lowest BCUT2D eigenvalue weighted by atomic mass is 10.1. The van der Waals surface area contributed by atoms with Gasteiger partial charge in [-0.3, -0.25) is 4.79 Å². The second-order valence-corrected chi connectivity index (χ2v) is 8.64. The number of sulfonamides is 1. The summed E-state index contributed by atoms with van der Waals surface area (Å²) in [5, 5.41) is 0. The molecule has 0 aliphatic carbocycles. The molecule has 11 heteroatoms. The summed E-state index contributed by atoms with van der Waals surface area (Å²) in [6.07, 6.45) is 0. The van der Waals surface area contributed by atoms with Gasteiger partial charge in [-0.05, 0) is 32.0 Å². The Labute approximate surface area is 157 Å². The summed E-state index contributed by atoms with van der Waals surface area (Å²) in [4.78, 5) is 30.3. The van der Waals surface area contributed by atoms with Crippen LogP contribution in [-0.2, 0) is 14.8 Å². The van der Waals surface area contributed by atoms with Crippen molar-refractivity contribution in [3.05, 3.63) is 28.7 Å². The first-order valence-electron chi connectivity index (χ1n) is 7.89. The van der Waals surface area contributed by atoms with Crippen LogP contribution >= 0.6 is 12.4 Å². The molecule has 0 saturated carbocycles. The molecule has 2 aromatic rings. The molecule has 1 aromatic carbocycles. The highest BCUT2D eigenvalue weighted by Gasteiger charge is 2.34. The van der Waals surface area contributed by atoms with E-state index in [2.05, 4.69) is 9.97 Å². The van der Waals surface area contributed by atoms with Crippen molar-refractivity contribution in [3.63, 3.8) is 0 Å². The lowest BCUT2D eigenvalue weighted by Crippen LogP contribution is -2.57. The molecule has 4 N–H and O–H groups in total. The number of aromatic amines is 2. The molecule has 0 spiro atoms. The van der Waals surface area contributed by atoms with Crippen LogP contribution in [0.2, 0.25) is 0 Å². The summed E-state index contributed by atoms with van der Waals surface area (Å²) < 4.78 is 27.0. The van der Waals surface area contributed by atoms with Crippen LogP contribution in [0.4, 0.5) is 0 Å². The third-order valence-corrected chi connectivity index (χ3v) is 6.10. The third kappa shape index (κ3) is 3.78. The number of benzene rings is 1. The molecular formula is C15H22ClN5O4S. The van der Waals surface area contributed by atoms with Gasteiger partial charge in [-0.15, -0.1) is 12.4 Å². The van der Waals surface area contributed by atoms with Gasteiger partial charge >= 0.3 is 5.69 Å². The number of halogens is 1. The Kier molecular flexibility index (Phi) is 5.52. The van der Waals surface area contributed by atoms with Crippen LogP contribution in [0.15, 0.2) is 27.9 Å². The SMILES string of the molecule is CC(C)(N)C(=O)N1CCN(S(=O)(=O)c2ccc3[nH]c(=O)[nH]c3c2)CC1.Cl. The average molecular weight is 404 g/mol. The van der Waals surface area contributed by atoms with Crippen molar-refractivity contribution in [1.82, 2.24) is 19.2 Å². The van der Waals surface area contributed by atoms with Gasteiger partial charge in [-0.1, -0.05) is 0 Å². The third-order valence-electron chi connectivity index (χ3n) is 4.20. The lowest BCUT2D eigenvalue weighted by Gasteiger charge is -2.36. The van der Waals surface area contributed by atoms with Crippen LogP contribution in [0.5, 0.6) is 0 Å². The van der Waals surface area contributed by atoms with Crippen molar-refractivity contribution >= 4 is 39.4 Å². The van der Waals surface area contributed by atoms with Crippen LogP contribution in [0.25, 0.3) is 11.0 Å². The molecule has 0 atom stereocenters. The number of nitrogens with two attached hydrogens (primary N) is 1. The Balaban J connectivity index is 0.00000243. The molecule has 2 heterocycles. The first kappa shape index (κ1) is 20.4. The summed E-state index contributed by atoms with van der Waals surface area (Å²) in [6, 6.07) is 4.45. The maximum absolute atomic E-state index is 12.8. The molecule has 9 nitrogen and oxygen atoms in total. The number of amides is 1. The van der Waals surface area contributed by atoms with E-state index in [-0.39, 0.29) is 42.0 Å². The van der Waals surface area contributed by atoms with Crippen molar-refractivity contribution in [2.24, 2.45) is 5.73 Å². The molecule has 1 fully saturated rings. The van der Waals surface area contributed by atoms with Crippen molar-refractivity contribution in [1.29, 1.82) is 0 Å². The first-order chi connectivity index (χ1) is 11.6. The number of nitrogens with zero attached hydrogens (tertiary/aromatic N) is 2. The maximum Gasteiger partial charge on any atom is 0.323 e. The van der Waals surface area contributed by atoms with Gasteiger partial charge in [0.25, 0.3) is 0 Å². The molecule has 0 bridgehead atoms. The zero-order valence-corrected chi connectivity index (χ0v) is 16.1. The Hall–Kier alpha value is -1.88. The molecular weight excluding hydrogens is 382 g/mol. The number of hydrogen-bond donors (Lipinski definition) is 3. The summed E-state index contributed by atoms with van der Waals surface area (Å²) in [6.45, 7) is 4.25. The Morgan fingerprint density at radius 1 is 1.12 bits per heavy atom. The van der Waals surface area contributed by atoms with E-state index in [0.717, 1.165) is 0 Å². The minimum absolute atomic E-state index is 0. The monoisotopic (exact) mass is 403 g/mol. The van der Waals surface area contributed by atoms with Crippen LogP contribution in [-0.4, -0.2) is 65.2 Å². The Morgan fingerprint density at radius 2 is 1.69 bits per heavy atom. The Bertz CT molecular complexity index is 968. The van der Waals surface area contributed by atoms with Crippen LogP contribution in [0.3, 0.4) is 0 Å². The maximum atomic E-state index is 12.8. The minimum atomic E-state index is -3.70. The predicted molar refractivity (Wildman–Crippen MR) is 99.8 cm³/mol. The van der Waals surface area contributed by atoms with Crippen molar-refractivity contribution in [3.8, 4) is 0 Å². The van der Waals surface area contributed by atoms with Gasteiger partial charge in [-0.25, -0.2) is 13.2 Å². The highest BCUT2D eigenvalue weighted by atomic mass is 35.5. The first-order valence-corrected chi connectivity index (χ1v) is 9.33. The predicted octanol–water partition coefficient (Wildman–Crippen LogP) is -0.152. The largest absolute Gasteiger partial charge is 0.338 e. The number of imidazole rings is 1. The fourth-order valence-electron chi connectivity index (χ4n) is 2.86. The summed E-state index contributed by atoms with van der Waals surface area (Å²) in [7, 11) is -3.70. The number of aromatic nitrogens is 2. The van der Waals surface area contributed by atoms with Gasteiger partial charge in [0.1, 0.15) is 0 Å². The van der Waals surface area contributed by atoms with Gasteiger partial charge in [0, 0.05) is 26.2 Å². The van der Waals surface area contributed by atoms with Crippen molar-refractivity contribution in [2.75, 3.05) is 26.2 Å². The van der Waals surface area contributed by atoms with Gasteiger partial charge < -0.3 is 20.6 Å². The average Bonchev–Trinajstić information content (AvgIpc) is 2.92. The van der Waals surface area contributed by atoms with Crippen molar-refractivity contribution in [2.45, 2.75) is 24.3 Å². The smallest absolute Gasteiger partial charge is 0.323 e. The van der Waals surface area contributed by atoms with E-state index in [9.17, 15) is 18.0 Å². The molecule has 0 radical (unpaired) electrons. The molecule has 0 unspecified atom stereocenters. The van der Waals surface area contributed by atoms with Crippen LogP contribution < -0.4 is 11.4 Å². The number of hydrogen-bond acceptors (Lipinski definition) is 5. The van der Waals surface area contributed by atoms with E-state index in [1.165, 1.54) is 16.4 Å². The molecule has 1 saturated heterocycles. The number of nitrogens with one attached hydrogen (secondary N) is 2. The van der Waals surface area contributed by atoms with E-state index < -0.39 is 15.6 Å². The van der Waals surface area contributed by atoms with E-state index >= 15 is 0 Å². The number of piperazine rings is 1. The van der Waals surface area contributed by atoms with E-state index in [0.29, 0.717) is 24.1 Å². The van der Waals surface area contributed by atoms with Gasteiger partial charge in [0.05, 0.1) is 21.5 Å². The van der Waals surface area contributed by atoms with Gasteiger partial charge in [0.15, 0.2) is 0 Å². The topological polar surface area (TPSA) is 132 Å². The van der Waals surface area contributed by atoms with Crippen molar-refractivity contribution < 1.29 is 13.2 Å². The zero-order chi connectivity index (χ0) is 18.4. The number of fused-ring (bicyclic) bond motifs is 1. The summed E-state index contributed by atoms with van der Waals surface area (Å²) in [5.41, 5.74) is 5.43. The van der Waals surface area contributed by atoms with E-state index in [1.54, 1.807) is 24.8 Å². The number of carbonyl (C=O) groups is 1. The normalized spacial score (nSPS) is 16.5. The Morgan fingerprint density at radius 3 is 2.27 bits per heavy atom. The fourth-order valence-corrected chi connectivity index (χ4v) is 4.31. The summed E-state index contributed by atoms with van der Waals surface area (Å²) in [5.74, 6) is -0.198. The highest BCUT2D eigenvalue weighted by molar-refractivity contribution is 7.89. The molecule has 144 valence electrons. The number of rotatable bonds is 3. The molecule has 1 aliphatic heterocycles. The van der Waals surface area contributed by atoms with E-state index in [4.69, 9.17) is 5.73 Å². The highest BCUT2D eigenvalue weighted by Crippen LogP contribution is 2.21. The van der Waals surface area contributed by atoms with E-state index in [1.807, 2.05) is 0 Å². The molecule has 3 rings (SSSR count). The van der Waals surface area contributed by atoms with Gasteiger partial charge in [-0.2, -0.15) is 4.31 Å². The molecule has 1 aromatic heterocycles.